The molecule has 96 valence electrons. The van der Waals surface area contributed by atoms with E-state index in [1.807, 2.05) is 24.3 Å². The minimum absolute atomic E-state index is 0.254. The third-order valence-corrected chi connectivity index (χ3v) is 4.19. The van der Waals surface area contributed by atoms with Crippen LogP contribution in [0.3, 0.4) is 0 Å². The number of carbonyl (C=O) groups is 1. The lowest BCUT2D eigenvalue weighted by Gasteiger charge is -2.29. The summed E-state index contributed by atoms with van der Waals surface area (Å²) >= 11 is 0. The summed E-state index contributed by atoms with van der Waals surface area (Å²) < 4.78 is 0. The number of aryl methyl sites for hydroxylation is 1. The van der Waals surface area contributed by atoms with E-state index in [-0.39, 0.29) is 5.91 Å². The van der Waals surface area contributed by atoms with Crippen LogP contribution in [-0.2, 0) is 0 Å². The third kappa shape index (κ3) is 2.29. The Labute approximate surface area is 109 Å². The summed E-state index contributed by atoms with van der Waals surface area (Å²) in [6, 6.07) is 9.05. The highest BCUT2D eigenvalue weighted by molar-refractivity contribution is 5.94. The second-order valence-corrected chi connectivity index (χ2v) is 5.75. The first-order chi connectivity index (χ1) is 8.75. The topological polar surface area (TPSA) is 20.3 Å². The van der Waals surface area contributed by atoms with Gasteiger partial charge >= 0.3 is 0 Å². The van der Waals surface area contributed by atoms with E-state index >= 15 is 0 Å². The molecule has 0 heterocycles. The molecule has 18 heavy (non-hydrogen) atoms. The van der Waals surface area contributed by atoms with Gasteiger partial charge in [0.05, 0.1) is 0 Å². The van der Waals surface area contributed by atoms with Crippen LogP contribution in [0.25, 0.3) is 0 Å². The van der Waals surface area contributed by atoms with Gasteiger partial charge in [0.25, 0.3) is 5.91 Å². The van der Waals surface area contributed by atoms with Crippen molar-refractivity contribution in [2.24, 2.45) is 0 Å². The monoisotopic (exact) mass is 243 g/mol. The molecule has 2 fully saturated rings. The number of rotatable bonds is 3. The molecular formula is C16H21NO. The van der Waals surface area contributed by atoms with Crippen LogP contribution in [-0.4, -0.2) is 22.9 Å². The molecule has 0 spiro atoms. The molecule has 1 aromatic rings. The first-order valence-corrected chi connectivity index (χ1v) is 7.15. The number of benzene rings is 1. The van der Waals surface area contributed by atoms with E-state index in [2.05, 4.69) is 11.8 Å². The SMILES string of the molecule is Cc1ccc(C(=O)N(C2CCCC2)C2CC2)cc1. The number of hydrogen-bond donors (Lipinski definition) is 0. The second-order valence-electron chi connectivity index (χ2n) is 5.75. The van der Waals surface area contributed by atoms with Crippen LogP contribution in [0.4, 0.5) is 0 Å². The summed E-state index contributed by atoms with van der Waals surface area (Å²) in [7, 11) is 0. The molecule has 0 radical (unpaired) electrons. The fourth-order valence-corrected chi connectivity index (χ4v) is 3.01. The van der Waals surface area contributed by atoms with Crippen LogP contribution in [0, 0.1) is 6.92 Å². The molecule has 1 aromatic carbocycles. The summed E-state index contributed by atoms with van der Waals surface area (Å²) in [4.78, 5) is 14.8. The van der Waals surface area contributed by atoms with Crippen molar-refractivity contribution < 1.29 is 4.79 Å². The van der Waals surface area contributed by atoms with Crippen LogP contribution in [0.15, 0.2) is 24.3 Å². The predicted octanol–water partition coefficient (Wildman–Crippen LogP) is 3.54. The van der Waals surface area contributed by atoms with Crippen molar-refractivity contribution in [1.82, 2.24) is 4.90 Å². The van der Waals surface area contributed by atoms with Crippen molar-refractivity contribution in [3.8, 4) is 0 Å². The van der Waals surface area contributed by atoms with Gasteiger partial charge in [0, 0.05) is 17.6 Å². The minimum Gasteiger partial charge on any atom is -0.333 e. The summed E-state index contributed by atoms with van der Waals surface area (Å²) in [6.45, 7) is 2.06. The Kier molecular flexibility index (Phi) is 3.11. The highest BCUT2D eigenvalue weighted by Crippen LogP contribution is 2.35. The second kappa shape index (κ2) is 4.75. The molecule has 2 aliphatic rings. The summed E-state index contributed by atoms with van der Waals surface area (Å²) in [5.74, 6) is 0.254. The van der Waals surface area contributed by atoms with Crippen molar-refractivity contribution in [2.75, 3.05) is 0 Å². The standard InChI is InChI=1S/C16H21NO/c1-12-6-8-13(9-7-12)16(18)17(15-10-11-15)14-4-2-3-5-14/h6-9,14-15H,2-5,10-11H2,1H3. The Morgan fingerprint density at radius 1 is 1.00 bits per heavy atom. The molecule has 0 aromatic heterocycles. The Morgan fingerprint density at radius 3 is 2.11 bits per heavy atom. The maximum Gasteiger partial charge on any atom is 0.254 e. The molecule has 0 bridgehead atoms. The van der Waals surface area contributed by atoms with Crippen molar-refractivity contribution in [1.29, 1.82) is 0 Å². The Morgan fingerprint density at radius 2 is 1.56 bits per heavy atom. The Balaban J connectivity index is 1.81. The molecule has 0 aliphatic heterocycles. The highest BCUT2D eigenvalue weighted by atomic mass is 16.2. The van der Waals surface area contributed by atoms with Gasteiger partial charge < -0.3 is 4.90 Å². The lowest BCUT2D eigenvalue weighted by molar-refractivity contribution is 0.0664. The molecule has 0 saturated heterocycles. The largest absolute Gasteiger partial charge is 0.333 e. The molecule has 0 unspecified atom stereocenters. The van der Waals surface area contributed by atoms with Gasteiger partial charge in [0.1, 0.15) is 0 Å². The van der Waals surface area contributed by atoms with Crippen LogP contribution in [0.5, 0.6) is 0 Å². The average Bonchev–Trinajstić information content (AvgIpc) is 3.05. The van der Waals surface area contributed by atoms with Gasteiger partial charge in [0.15, 0.2) is 0 Å². The molecule has 2 nitrogen and oxygen atoms in total. The quantitative estimate of drug-likeness (QED) is 0.795. The van der Waals surface area contributed by atoms with Gasteiger partial charge in [-0.15, -0.1) is 0 Å². The number of carbonyl (C=O) groups excluding carboxylic acids is 1. The van der Waals surface area contributed by atoms with E-state index in [1.165, 1.54) is 44.1 Å². The summed E-state index contributed by atoms with van der Waals surface area (Å²) in [5, 5.41) is 0. The lowest BCUT2D eigenvalue weighted by atomic mass is 10.1. The molecule has 2 heteroatoms. The summed E-state index contributed by atoms with van der Waals surface area (Å²) in [6.07, 6.45) is 7.38. The van der Waals surface area contributed by atoms with E-state index < -0.39 is 0 Å². The zero-order valence-electron chi connectivity index (χ0n) is 11.1. The molecule has 0 atom stereocenters. The van der Waals surface area contributed by atoms with Gasteiger partial charge in [0.2, 0.25) is 0 Å². The Hall–Kier alpha value is -1.31. The third-order valence-electron chi connectivity index (χ3n) is 4.19. The van der Waals surface area contributed by atoms with Crippen molar-refractivity contribution >= 4 is 5.91 Å². The molecule has 3 rings (SSSR count). The zero-order valence-corrected chi connectivity index (χ0v) is 11.1. The highest BCUT2D eigenvalue weighted by Gasteiger charge is 2.38. The van der Waals surface area contributed by atoms with Crippen LogP contribution < -0.4 is 0 Å². The summed E-state index contributed by atoms with van der Waals surface area (Å²) in [5.41, 5.74) is 2.07. The van der Waals surface area contributed by atoms with Gasteiger partial charge in [-0.25, -0.2) is 0 Å². The zero-order chi connectivity index (χ0) is 12.5. The number of hydrogen-bond acceptors (Lipinski definition) is 1. The normalized spacial score (nSPS) is 20.1. The van der Waals surface area contributed by atoms with E-state index in [0.29, 0.717) is 12.1 Å². The van der Waals surface area contributed by atoms with Crippen LogP contribution in [0.1, 0.15) is 54.4 Å². The number of nitrogens with zero attached hydrogens (tertiary/aromatic N) is 1. The van der Waals surface area contributed by atoms with E-state index in [4.69, 9.17) is 0 Å². The first-order valence-electron chi connectivity index (χ1n) is 7.15. The van der Waals surface area contributed by atoms with Crippen molar-refractivity contribution in [2.45, 2.75) is 57.5 Å². The smallest absolute Gasteiger partial charge is 0.254 e. The van der Waals surface area contributed by atoms with Gasteiger partial charge in [-0.1, -0.05) is 30.5 Å². The molecule has 2 saturated carbocycles. The Bertz CT molecular complexity index is 427. The first kappa shape index (κ1) is 11.8. The minimum atomic E-state index is 0.254. The number of amides is 1. The van der Waals surface area contributed by atoms with Gasteiger partial charge in [-0.3, -0.25) is 4.79 Å². The van der Waals surface area contributed by atoms with Crippen molar-refractivity contribution in [3.63, 3.8) is 0 Å². The lowest BCUT2D eigenvalue weighted by Crippen LogP contribution is -2.40. The fraction of sp³-hybridized carbons (Fsp3) is 0.562. The fourth-order valence-electron chi connectivity index (χ4n) is 3.01. The van der Waals surface area contributed by atoms with E-state index in [0.717, 1.165) is 5.56 Å². The molecule has 0 N–H and O–H groups in total. The maximum absolute atomic E-state index is 12.7. The van der Waals surface area contributed by atoms with Gasteiger partial charge in [-0.2, -0.15) is 0 Å². The van der Waals surface area contributed by atoms with E-state index in [9.17, 15) is 4.79 Å². The molecule has 2 aliphatic carbocycles. The van der Waals surface area contributed by atoms with Gasteiger partial charge in [-0.05, 0) is 44.7 Å². The van der Waals surface area contributed by atoms with Crippen LogP contribution >= 0.6 is 0 Å². The average molecular weight is 243 g/mol. The van der Waals surface area contributed by atoms with Crippen LogP contribution in [0.2, 0.25) is 0 Å². The van der Waals surface area contributed by atoms with E-state index in [1.54, 1.807) is 0 Å². The maximum atomic E-state index is 12.7. The molecular weight excluding hydrogens is 222 g/mol. The van der Waals surface area contributed by atoms with Crippen molar-refractivity contribution in [3.05, 3.63) is 35.4 Å². The predicted molar refractivity (Wildman–Crippen MR) is 72.6 cm³/mol. The molecule has 1 amide bonds.